The number of rotatable bonds is 5. The standard InChI is InChI=1S/C68H43N/c1-3-20-44(21-4-1)67(45-22-5-2-6-23-45)62-35-18-14-31-57(62)66-63(67)36-19-37-65(66)69(46-38-40-52-50-26-8-7-24-48(50)49-25-9-10-27-51(49)58(52)42-46)47-39-41-56-55-30-13-17-34-61(55)68(64(56)43-47)59-32-15-11-28-53(59)54-29-12-16-33-60(54)68/h1-43H. The molecule has 15 rings (SSSR count). The molecule has 0 N–H and O–H groups in total. The molecule has 0 aromatic heterocycles. The Bertz CT molecular complexity index is 3950. The fourth-order valence-electron chi connectivity index (χ4n) is 13.3. The number of anilines is 3. The minimum Gasteiger partial charge on any atom is -0.310 e. The second-order valence-electron chi connectivity index (χ2n) is 19.0. The van der Waals surface area contributed by atoms with Crippen molar-refractivity contribution in [2.45, 2.75) is 10.8 Å². The van der Waals surface area contributed by atoms with Crippen LogP contribution >= 0.6 is 0 Å². The van der Waals surface area contributed by atoms with Crippen LogP contribution in [-0.4, -0.2) is 0 Å². The van der Waals surface area contributed by atoms with Gasteiger partial charge in [-0.15, -0.1) is 0 Å². The number of benzene rings is 12. The lowest BCUT2D eigenvalue weighted by Gasteiger charge is -2.35. The van der Waals surface area contributed by atoms with Crippen LogP contribution in [0.15, 0.2) is 261 Å². The SMILES string of the molecule is c1ccc(C2(c3ccccc3)c3ccccc3-c3c(N(c4ccc5c(c4)C4(c6ccccc6-c6ccccc64)c4ccccc4-5)c4ccc5c6ccccc6c6ccccc6c5c4)cccc32)cc1. The highest BCUT2D eigenvalue weighted by molar-refractivity contribution is 6.26. The van der Waals surface area contributed by atoms with Gasteiger partial charge in [-0.1, -0.05) is 231 Å². The van der Waals surface area contributed by atoms with Gasteiger partial charge in [-0.2, -0.15) is 0 Å². The maximum Gasteiger partial charge on any atom is 0.0726 e. The molecule has 0 bridgehead atoms. The molecule has 1 nitrogen and oxygen atoms in total. The zero-order valence-electron chi connectivity index (χ0n) is 37.8. The van der Waals surface area contributed by atoms with Crippen LogP contribution < -0.4 is 4.90 Å². The predicted octanol–water partition coefficient (Wildman–Crippen LogP) is 17.3. The van der Waals surface area contributed by atoms with Crippen LogP contribution in [0.25, 0.3) is 65.7 Å². The normalized spacial score (nSPS) is 14.0. The lowest BCUT2D eigenvalue weighted by Crippen LogP contribution is -2.28. The molecule has 0 unspecified atom stereocenters. The van der Waals surface area contributed by atoms with Crippen molar-refractivity contribution in [1.82, 2.24) is 0 Å². The lowest BCUT2D eigenvalue weighted by molar-refractivity contribution is 0.768. The first-order chi connectivity index (χ1) is 34.3. The van der Waals surface area contributed by atoms with E-state index in [-0.39, 0.29) is 0 Å². The summed E-state index contributed by atoms with van der Waals surface area (Å²) in [5.41, 5.74) is 20.5. The van der Waals surface area contributed by atoms with Crippen molar-refractivity contribution in [3.63, 3.8) is 0 Å². The van der Waals surface area contributed by atoms with Gasteiger partial charge in [0.1, 0.15) is 0 Å². The third-order valence-electron chi connectivity index (χ3n) is 15.9. The first-order valence-corrected chi connectivity index (χ1v) is 24.2. The molecule has 12 aromatic rings. The quantitative estimate of drug-likeness (QED) is 0.156. The summed E-state index contributed by atoms with van der Waals surface area (Å²) in [6.45, 7) is 0. The molecule has 3 aliphatic carbocycles. The zero-order valence-corrected chi connectivity index (χ0v) is 37.8. The summed E-state index contributed by atoms with van der Waals surface area (Å²) in [5, 5.41) is 7.57. The van der Waals surface area contributed by atoms with Gasteiger partial charge in [-0.05, 0) is 135 Å². The van der Waals surface area contributed by atoms with Crippen molar-refractivity contribution in [2.75, 3.05) is 4.90 Å². The van der Waals surface area contributed by atoms with Gasteiger partial charge in [-0.3, -0.25) is 0 Å². The molecule has 1 heteroatoms. The topological polar surface area (TPSA) is 3.24 Å². The molecule has 320 valence electrons. The summed E-state index contributed by atoms with van der Waals surface area (Å²) in [6.07, 6.45) is 0. The summed E-state index contributed by atoms with van der Waals surface area (Å²) in [7, 11) is 0. The second kappa shape index (κ2) is 14.4. The van der Waals surface area contributed by atoms with E-state index < -0.39 is 10.8 Å². The van der Waals surface area contributed by atoms with Crippen molar-refractivity contribution in [3.05, 3.63) is 305 Å². The van der Waals surface area contributed by atoms with Gasteiger partial charge in [0.25, 0.3) is 0 Å². The van der Waals surface area contributed by atoms with E-state index in [1.165, 1.54) is 110 Å². The molecule has 0 saturated heterocycles. The van der Waals surface area contributed by atoms with Crippen LogP contribution in [0.2, 0.25) is 0 Å². The van der Waals surface area contributed by atoms with Crippen molar-refractivity contribution in [1.29, 1.82) is 0 Å². The average molecular weight is 874 g/mol. The van der Waals surface area contributed by atoms with E-state index in [2.05, 4.69) is 266 Å². The Labute approximate surface area is 401 Å². The Kier molecular flexibility index (Phi) is 7.98. The highest BCUT2D eigenvalue weighted by atomic mass is 15.1. The maximum absolute atomic E-state index is 2.58. The summed E-state index contributed by atoms with van der Waals surface area (Å²) < 4.78 is 0. The van der Waals surface area contributed by atoms with Gasteiger partial charge in [-0.25, -0.2) is 0 Å². The van der Waals surface area contributed by atoms with Crippen LogP contribution in [-0.2, 0) is 10.8 Å². The fraction of sp³-hybridized carbons (Fsp3) is 0.0294. The maximum atomic E-state index is 2.58. The lowest BCUT2D eigenvalue weighted by atomic mass is 9.68. The Morgan fingerprint density at radius 2 is 0.623 bits per heavy atom. The van der Waals surface area contributed by atoms with Gasteiger partial charge in [0.05, 0.1) is 16.5 Å². The average Bonchev–Trinajstić information content (AvgIpc) is 4.02. The first-order valence-electron chi connectivity index (χ1n) is 24.2. The van der Waals surface area contributed by atoms with Gasteiger partial charge in [0.15, 0.2) is 0 Å². The molecule has 1 spiro atoms. The molecule has 69 heavy (non-hydrogen) atoms. The summed E-state index contributed by atoms with van der Waals surface area (Å²) >= 11 is 0. The largest absolute Gasteiger partial charge is 0.310 e. The van der Waals surface area contributed by atoms with Crippen molar-refractivity contribution < 1.29 is 0 Å². The second-order valence-corrected chi connectivity index (χ2v) is 19.0. The smallest absolute Gasteiger partial charge is 0.0726 e. The summed E-state index contributed by atoms with van der Waals surface area (Å²) in [6, 6.07) is 98.2. The molecule has 12 aromatic carbocycles. The minimum atomic E-state index is -0.546. The predicted molar refractivity (Wildman–Crippen MR) is 287 cm³/mol. The molecule has 0 radical (unpaired) electrons. The highest BCUT2D eigenvalue weighted by Gasteiger charge is 2.52. The van der Waals surface area contributed by atoms with Gasteiger partial charge < -0.3 is 4.90 Å². The molecule has 0 fully saturated rings. The van der Waals surface area contributed by atoms with E-state index in [0.29, 0.717) is 0 Å². The van der Waals surface area contributed by atoms with Gasteiger partial charge in [0.2, 0.25) is 0 Å². The number of hydrogen-bond acceptors (Lipinski definition) is 1. The fourth-order valence-corrected chi connectivity index (χ4v) is 13.3. The molecule has 0 amide bonds. The first kappa shape index (κ1) is 38.3. The van der Waals surface area contributed by atoms with Crippen LogP contribution in [0.5, 0.6) is 0 Å². The van der Waals surface area contributed by atoms with E-state index in [1.54, 1.807) is 0 Å². The molecule has 0 aliphatic heterocycles. The minimum absolute atomic E-state index is 0.486. The number of nitrogens with zero attached hydrogens (tertiary/aromatic N) is 1. The van der Waals surface area contributed by atoms with E-state index >= 15 is 0 Å². The third-order valence-corrected chi connectivity index (χ3v) is 15.9. The van der Waals surface area contributed by atoms with Crippen LogP contribution in [0.4, 0.5) is 17.1 Å². The number of fused-ring (bicyclic) bond motifs is 19. The van der Waals surface area contributed by atoms with Crippen LogP contribution in [0.1, 0.15) is 44.5 Å². The third kappa shape index (κ3) is 4.98. The molecule has 0 atom stereocenters. The van der Waals surface area contributed by atoms with E-state index in [0.717, 1.165) is 17.1 Å². The zero-order chi connectivity index (χ0) is 45.3. The molecular formula is C68H43N. The van der Waals surface area contributed by atoms with Crippen molar-refractivity contribution in [3.8, 4) is 33.4 Å². The van der Waals surface area contributed by atoms with Crippen LogP contribution in [0.3, 0.4) is 0 Å². The van der Waals surface area contributed by atoms with Crippen molar-refractivity contribution >= 4 is 49.4 Å². The summed E-state index contributed by atoms with van der Waals surface area (Å²) in [5.74, 6) is 0. The van der Waals surface area contributed by atoms with Gasteiger partial charge >= 0.3 is 0 Å². The Morgan fingerprint density at radius 1 is 0.232 bits per heavy atom. The molecular weight excluding hydrogens is 831 g/mol. The molecule has 3 aliphatic rings. The van der Waals surface area contributed by atoms with E-state index in [1.807, 2.05) is 0 Å². The number of hydrogen-bond donors (Lipinski definition) is 0. The monoisotopic (exact) mass is 873 g/mol. The Hall–Kier alpha value is -8.78. The molecule has 0 heterocycles. The Balaban J connectivity index is 1.06. The van der Waals surface area contributed by atoms with Crippen LogP contribution in [0, 0.1) is 0 Å². The highest BCUT2D eigenvalue weighted by Crippen LogP contribution is 2.64. The van der Waals surface area contributed by atoms with Gasteiger partial charge in [0, 0.05) is 16.9 Å². The van der Waals surface area contributed by atoms with E-state index in [9.17, 15) is 0 Å². The Morgan fingerprint density at radius 3 is 1.17 bits per heavy atom. The van der Waals surface area contributed by atoms with Crippen molar-refractivity contribution in [2.24, 2.45) is 0 Å². The summed E-state index contributed by atoms with van der Waals surface area (Å²) in [4.78, 5) is 2.58. The van der Waals surface area contributed by atoms with E-state index in [4.69, 9.17) is 0 Å². The molecule has 0 saturated carbocycles.